The van der Waals surface area contributed by atoms with Gasteiger partial charge in [0.15, 0.2) is 0 Å². The standard InChI is InChI=1S/C44H36N6.C2H6/c1-30(24-32(26-45)27-46)39(49)21-12-11-19-37-36-18-9-10-20-38(36)44(41-23-13-22-40(50-41)31(2)25-33(28-47)29-48)43(35-16-7-4-8-17-35)42(37)34-14-5-3-6-15-34;1-2/h3-18,20-26,28,45H,1,19,47,49H2,2H3;1-2H3/b12-11-,31-25+,32-24+,33-28+,39-21-,45-26?;. The summed E-state index contributed by atoms with van der Waals surface area (Å²) < 4.78 is 0. The van der Waals surface area contributed by atoms with Gasteiger partial charge in [-0.1, -0.05) is 124 Å². The molecule has 5 aromatic rings. The van der Waals surface area contributed by atoms with Gasteiger partial charge >= 0.3 is 0 Å². The molecular formula is C46H42N6. The first kappa shape index (κ1) is 37.8. The molecule has 0 saturated carbocycles. The number of rotatable bonds is 11. The molecule has 52 heavy (non-hydrogen) atoms. The number of nitrogens with one attached hydrogen (secondary N) is 1. The predicted molar refractivity (Wildman–Crippen MR) is 218 cm³/mol. The fraction of sp³-hybridized carbons (Fsp3) is 0.0870. The van der Waals surface area contributed by atoms with Crippen LogP contribution in [0.2, 0.25) is 0 Å². The van der Waals surface area contributed by atoms with Crippen LogP contribution in [0.15, 0.2) is 169 Å². The number of pyridine rings is 1. The molecule has 4 aromatic carbocycles. The van der Waals surface area contributed by atoms with Crippen molar-refractivity contribution in [3.63, 3.8) is 0 Å². The van der Waals surface area contributed by atoms with E-state index in [2.05, 4.69) is 79.4 Å². The lowest BCUT2D eigenvalue weighted by molar-refractivity contribution is 1.26. The second-order valence-electron chi connectivity index (χ2n) is 11.5. The van der Waals surface area contributed by atoms with Crippen LogP contribution in [0.1, 0.15) is 32.0 Å². The molecule has 5 N–H and O–H groups in total. The molecule has 0 fully saturated rings. The van der Waals surface area contributed by atoms with Crippen molar-refractivity contribution in [2.24, 2.45) is 11.5 Å². The maximum atomic E-state index is 9.48. The first-order valence-corrected chi connectivity index (χ1v) is 17.0. The zero-order valence-corrected chi connectivity index (χ0v) is 29.8. The van der Waals surface area contributed by atoms with Gasteiger partial charge in [0.2, 0.25) is 0 Å². The molecule has 6 nitrogen and oxygen atoms in total. The lowest BCUT2D eigenvalue weighted by Gasteiger charge is -2.23. The molecular weight excluding hydrogens is 637 g/mol. The van der Waals surface area contributed by atoms with Crippen LogP contribution in [-0.2, 0) is 6.42 Å². The molecule has 256 valence electrons. The van der Waals surface area contributed by atoms with Gasteiger partial charge in [-0.2, -0.15) is 10.5 Å². The molecule has 6 heteroatoms. The summed E-state index contributed by atoms with van der Waals surface area (Å²) in [5.41, 5.74) is 22.2. The Labute approximate surface area is 306 Å². The Morgan fingerprint density at radius 3 is 1.96 bits per heavy atom. The van der Waals surface area contributed by atoms with Crippen molar-refractivity contribution in [2.45, 2.75) is 27.2 Å². The first-order valence-electron chi connectivity index (χ1n) is 17.0. The Hall–Kier alpha value is -7.02. The Morgan fingerprint density at radius 1 is 0.769 bits per heavy atom. The largest absolute Gasteiger partial charge is 0.404 e. The van der Waals surface area contributed by atoms with Crippen LogP contribution in [0.5, 0.6) is 0 Å². The Balaban J connectivity index is 0.00000297. The molecule has 0 bridgehead atoms. The summed E-state index contributed by atoms with van der Waals surface area (Å²) in [6.45, 7) is 9.88. The molecule has 0 radical (unpaired) electrons. The number of nitriles is 2. The molecule has 0 spiro atoms. The molecule has 0 aliphatic heterocycles. The lowest BCUT2D eigenvalue weighted by Crippen LogP contribution is -2.01. The van der Waals surface area contributed by atoms with Crippen LogP contribution in [0.25, 0.3) is 49.9 Å². The third-order valence-electron chi connectivity index (χ3n) is 8.26. The van der Waals surface area contributed by atoms with E-state index in [4.69, 9.17) is 21.9 Å². The number of nitrogens with zero attached hydrogens (tertiary/aromatic N) is 3. The summed E-state index contributed by atoms with van der Waals surface area (Å²) in [6.07, 6.45) is 11.8. The number of aromatic nitrogens is 1. The van der Waals surface area contributed by atoms with Crippen LogP contribution in [-0.4, -0.2) is 11.2 Å². The molecule has 0 saturated heterocycles. The molecule has 0 aliphatic rings. The maximum Gasteiger partial charge on any atom is 0.101 e. The van der Waals surface area contributed by atoms with Crippen molar-refractivity contribution < 1.29 is 0 Å². The summed E-state index contributed by atoms with van der Waals surface area (Å²) >= 11 is 0. The Bertz CT molecular complexity index is 2310. The van der Waals surface area contributed by atoms with Gasteiger partial charge in [0.25, 0.3) is 0 Å². The summed E-state index contributed by atoms with van der Waals surface area (Å²) in [5.74, 6) is 0. The highest BCUT2D eigenvalue weighted by Crippen LogP contribution is 2.47. The number of fused-ring (bicyclic) bond motifs is 1. The minimum Gasteiger partial charge on any atom is -0.404 e. The average Bonchev–Trinajstić information content (AvgIpc) is 3.21. The first-order chi connectivity index (χ1) is 25.4. The molecule has 0 atom stereocenters. The normalized spacial score (nSPS) is 12.1. The van der Waals surface area contributed by atoms with Gasteiger partial charge in [0.1, 0.15) is 12.1 Å². The van der Waals surface area contributed by atoms with Crippen LogP contribution in [0, 0.1) is 28.1 Å². The number of nitrogens with two attached hydrogens (primary N) is 2. The quantitative estimate of drug-likeness (QED) is 0.0725. The lowest BCUT2D eigenvalue weighted by atomic mass is 9.81. The van der Waals surface area contributed by atoms with Crippen molar-refractivity contribution in [3.8, 4) is 45.6 Å². The van der Waals surface area contributed by atoms with Crippen LogP contribution >= 0.6 is 0 Å². The van der Waals surface area contributed by atoms with E-state index in [1.807, 2.05) is 75.4 Å². The van der Waals surface area contributed by atoms with Crippen LogP contribution in [0.3, 0.4) is 0 Å². The van der Waals surface area contributed by atoms with Gasteiger partial charge in [-0.15, -0.1) is 0 Å². The van der Waals surface area contributed by atoms with Crippen molar-refractivity contribution in [2.75, 3.05) is 0 Å². The fourth-order valence-corrected chi connectivity index (χ4v) is 5.86. The van der Waals surface area contributed by atoms with Gasteiger partial charge in [-0.25, -0.2) is 4.98 Å². The predicted octanol–water partition coefficient (Wildman–Crippen LogP) is 10.6. The van der Waals surface area contributed by atoms with Gasteiger partial charge in [-0.3, -0.25) is 0 Å². The van der Waals surface area contributed by atoms with Crippen molar-refractivity contribution >= 4 is 22.6 Å². The highest BCUT2D eigenvalue weighted by molar-refractivity contribution is 6.11. The third-order valence-corrected chi connectivity index (χ3v) is 8.26. The van der Waals surface area contributed by atoms with Crippen molar-refractivity contribution in [3.05, 3.63) is 180 Å². The molecule has 0 amide bonds. The molecule has 0 aliphatic carbocycles. The minimum absolute atomic E-state index is 0.174. The van der Waals surface area contributed by atoms with E-state index in [1.54, 1.807) is 12.2 Å². The van der Waals surface area contributed by atoms with E-state index < -0.39 is 0 Å². The molecule has 1 heterocycles. The van der Waals surface area contributed by atoms with Crippen LogP contribution < -0.4 is 11.5 Å². The number of benzene rings is 4. The van der Waals surface area contributed by atoms with Crippen molar-refractivity contribution in [1.29, 1.82) is 15.9 Å². The number of hydrogen-bond donors (Lipinski definition) is 3. The Morgan fingerprint density at radius 2 is 1.37 bits per heavy atom. The van der Waals surface area contributed by atoms with E-state index in [9.17, 15) is 10.5 Å². The highest BCUT2D eigenvalue weighted by atomic mass is 14.7. The van der Waals surface area contributed by atoms with Gasteiger partial charge in [-0.05, 0) is 93.4 Å². The van der Waals surface area contributed by atoms with E-state index in [0.29, 0.717) is 23.3 Å². The fourth-order valence-electron chi connectivity index (χ4n) is 5.86. The SMILES string of the molecule is C=C(/C=C(/C#N)C=N)/C(N)=C/C=C\Cc1c(-c2ccccc2)c(-c2ccccc2)c(-c2cccc(/C(C)=C/C(C#N)=C\N)n2)c2ccccc12.CC. The minimum atomic E-state index is 0.174. The second kappa shape index (κ2) is 18.7. The smallest absolute Gasteiger partial charge is 0.101 e. The Kier molecular flexibility index (Phi) is 13.6. The van der Waals surface area contributed by atoms with E-state index in [0.717, 1.165) is 67.3 Å². The highest BCUT2D eigenvalue weighted by Gasteiger charge is 2.23. The van der Waals surface area contributed by atoms with Crippen LogP contribution in [0.4, 0.5) is 0 Å². The summed E-state index contributed by atoms with van der Waals surface area (Å²) in [7, 11) is 0. The second-order valence-corrected chi connectivity index (χ2v) is 11.5. The average molecular weight is 679 g/mol. The van der Waals surface area contributed by atoms with Gasteiger partial charge in [0.05, 0.1) is 22.5 Å². The summed E-state index contributed by atoms with van der Waals surface area (Å²) in [6, 6.07) is 39.2. The van der Waals surface area contributed by atoms with Gasteiger partial charge in [0, 0.05) is 23.7 Å². The van der Waals surface area contributed by atoms with Gasteiger partial charge < -0.3 is 16.9 Å². The zero-order valence-electron chi connectivity index (χ0n) is 29.8. The molecule has 0 unspecified atom stereocenters. The van der Waals surface area contributed by atoms with E-state index in [-0.39, 0.29) is 5.57 Å². The number of allylic oxidation sites excluding steroid dienone is 8. The summed E-state index contributed by atoms with van der Waals surface area (Å²) in [5, 5.41) is 28.2. The number of hydrogen-bond acceptors (Lipinski definition) is 6. The van der Waals surface area contributed by atoms with E-state index >= 15 is 0 Å². The molecule has 5 rings (SSSR count). The van der Waals surface area contributed by atoms with Crippen molar-refractivity contribution in [1.82, 2.24) is 4.98 Å². The summed E-state index contributed by atoms with van der Waals surface area (Å²) in [4.78, 5) is 5.18. The topological polar surface area (TPSA) is 136 Å². The third kappa shape index (κ3) is 8.76. The maximum absolute atomic E-state index is 9.48. The molecule has 1 aromatic heterocycles. The monoisotopic (exact) mass is 678 g/mol. The zero-order chi connectivity index (χ0) is 37.5. The van der Waals surface area contributed by atoms with E-state index in [1.165, 1.54) is 12.3 Å².